The van der Waals surface area contributed by atoms with E-state index in [9.17, 15) is 19.7 Å². The first-order valence-corrected chi connectivity index (χ1v) is 17.7. The van der Waals surface area contributed by atoms with Crippen molar-refractivity contribution in [2.45, 2.75) is 49.3 Å². The first kappa shape index (κ1) is 31.3. The average Bonchev–Trinajstić information content (AvgIpc) is 3.72. The lowest BCUT2D eigenvalue weighted by Crippen LogP contribution is -2.33. The van der Waals surface area contributed by atoms with Crippen LogP contribution in [0.5, 0.6) is 0 Å². The number of H-pyrrole nitrogens is 1. The number of anilines is 2. The van der Waals surface area contributed by atoms with Gasteiger partial charge in [0.1, 0.15) is 30.7 Å². The molecule has 6 heterocycles. The van der Waals surface area contributed by atoms with Crippen LogP contribution < -0.4 is 17.0 Å². The second kappa shape index (κ2) is 12.3. The van der Waals surface area contributed by atoms with Gasteiger partial charge in [0.25, 0.3) is 5.56 Å². The van der Waals surface area contributed by atoms with Gasteiger partial charge in [-0.3, -0.25) is 14.3 Å². The van der Waals surface area contributed by atoms with Crippen molar-refractivity contribution in [2.24, 2.45) is 0 Å². The summed E-state index contributed by atoms with van der Waals surface area (Å²) in [5, 5.41) is 22.3. The van der Waals surface area contributed by atoms with Crippen molar-refractivity contribution in [3.8, 4) is 0 Å². The highest BCUT2D eigenvalue weighted by atomic mass is 32.5. The third-order valence-corrected chi connectivity index (χ3v) is 9.12. The summed E-state index contributed by atoms with van der Waals surface area (Å²) in [5.41, 5.74) is 11.2. The van der Waals surface area contributed by atoms with E-state index in [0.29, 0.717) is 11.3 Å². The summed E-state index contributed by atoms with van der Waals surface area (Å²) in [6.07, 6.45) is -6.45. The molecule has 4 aromatic rings. The number of aliphatic hydroxyl groups is 1. The van der Waals surface area contributed by atoms with Crippen molar-refractivity contribution in [1.29, 1.82) is 0 Å². The molecule has 2 saturated heterocycles. The number of nitrogens with two attached hydrogens (primary N) is 2. The maximum Gasteiger partial charge on any atom is 0.325 e. The van der Waals surface area contributed by atoms with Gasteiger partial charge >= 0.3 is 6.72 Å². The summed E-state index contributed by atoms with van der Waals surface area (Å²) in [6.45, 7) is -5.19. The molecule has 0 bridgehead atoms. The summed E-state index contributed by atoms with van der Waals surface area (Å²) >= 11 is 9.80. The zero-order valence-electron chi connectivity index (χ0n) is 22.0. The molecular weight excluding hydrogens is 671 g/mol. The summed E-state index contributed by atoms with van der Waals surface area (Å²) in [7, 11) is -2.63. The molecule has 44 heavy (non-hydrogen) atoms. The molecule has 2 aliphatic heterocycles. The van der Waals surface area contributed by atoms with Gasteiger partial charge in [-0.15, -0.1) is 5.10 Å². The number of aromatic amines is 1. The Morgan fingerprint density at radius 2 is 2.05 bits per heavy atom. The molecule has 238 valence electrons. The van der Waals surface area contributed by atoms with Gasteiger partial charge in [-0.25, -0.2) is 18.9 Å². The molecule has 20 nitrogen and oxygen atoms in total. The fraction of sp³-hybridized carbons (Fsp3) is 0.526. The molecule has 0 saturated carbocycles. The van der Waals surface area contributed by atoms with Crippen LogP contribution in [0, 0.1) is 0 Å². The Labute approximate surface area is 255 Å². The maximum atomic E-state index is 15.7. The van der Waals surface area contributed by atoms with E-state index in [1.54, 1.807) is 0 Å². The molecule has 0 aliphatic carbocycles. The number of hydrogen-bond donors (Lipinski definition) is 6. The molecule has 0 aromatic carbocycles. The quantitative estimate of drug-likeness (QED) is 0.102. The highest BCUT2D eigenvalue weighted by Crippen LogP contribution is 2.51. The lowest BCUT2D eigenvalue weighted by atomic mass is 10.1. The van der Waals surface area contributed by atoms with E-state index in [-0.39, 0.29) is 29.4 Å². The number of aliphatic hydroxyl groups excluding tert-OH is 1. The van der Waals surface area contributed by atoms with E-state index in [0.717, 1.165) is 4.68 Å². The van der Waals surface area contributed by atoms with Gasteiger partial charge < -0.3 is 44.9 Å². The summed E-state index contributed by atoms with van der Waals surface area (Å²) in [5.74, 6) is -0.121. The minimum Gasteiger partial charge on any atom is -0.390 e. The SMILES string of the molecule is Nc1nc2c(nnn2[C@@H]2O[C@H](CO[PH](O)=S)[C@H](F)[C@H]2OP(O)(=S)OC[C@H]2O[C@@H](c3cnc4c(N)ncnn34)C[C@@H]2O)c(=O)[nH]1. The van der Waals surface area contributed by atoms with E-state index in [1.807, 2.05) is 0 Å². The molecule has 0 radical (unpaired) electrons. The minimum atomic E-state index is -4.28. The van der Waals surface area contributed by atoms with Crippen LogP contribution in [0.1, 0.15) is 24.4 Å². The van der Waals surface area contributed by atoms with E-state index >= 15 is 4.39 Å². The molecule has 0 amide bonds. The van der Waals surface area contributed by atoms with Crippen LogP contribution in [0.25, 0.3) is 16.8 Å². The topological polar surface area (TPSA) is 278 Å². The number of imidazole rings is 1. The van der Waals surface area contributed by atoms with Crippen molar-refractivity contribution in [2.75, 3.05) is 24.7 Å². The molecule has 25 heteroatoms. The Bertz CT molecular complexity index is 1830. The van der Waals surface area contributed by atoms with Crippen molar-refractivity contribution in [3.05, 3.63) is 28.6 Å². The monoisotopic (exact) mass is 695 g/mol. The highest BCUT2D eigenvalue weighted by molar-refractivity contribution is 8.07. The van der Waals surface area contributed by atoms with Gasteiger partial charge in [-0.05, 0) is 23.6 Å². The highest BCUT2D eigenvalue weighted by Gasteiger charge is 2.51. The summed E-state index contributed by atoms with van der Waals surface area (Å²) in [6, 6.07) is 0. The van der Waals surface area contributed by atoms with Crippen LogP contribution in [-0.4, -0.2) is 103 Å². The average molecular weight is 696 g/mol. The van der Waals surface area contributed by atoms with Crippen LogP contribution in [0.4, 0.5) is 16.2 Å². The maximum absolute atomic E-state index is 15.7. The Kier molecular flexibility index (Phi) is 8.73. The largest absolute Gasteiger partial charge is 0.390 e. The Balaban J connectivity index is 1.18. The normalized spacial score (nSPS) is 29.4. The Morgan fingerprint density at radius 3 is 2.82 bits per heavy atom. The minimum absolute atomic E-state index is 0.124. The number of nitrogens with one attached hydrogen (secondary N) is 1. The molecule has 0 spiro atoms. The van der Waals surface area contributed by atoms with Gasteiger partial charge in [-0.1, -0.05) is 5.21 Å². The van der Waals surface area contributed by atoms with Crippen LogP contribution in [-0.2, 0) is 46.7 Å². The second-order valence-electron chi connectivity index (χ2n) is 9.61. The van der Waals surface area contributed by atoms with E-state index in [2.05, 4.69) is 47.2 Å². The third kappa shape index (κ3) is 6.10. The molecule has 8 N–H and O–H groups in total. The predicted molar refractivity (Wildman–Crippen MR) is 154 cm³/mol. The lowest BCUT2D eigenvalue weighted by Gasteiger charge is -2.25. The third-order valence-electron chi connectivity index (χ3n) is 6.80. The number of nitrogen functional groups attached to an aromatic ring is 2. The number of nitrogens with zero attached hydrogens (tertiary/aromatic N) is 8. The van der Waals surface area contributed by atoms with Crippen LogP contribution in [0.3, 0.4) is 0 Å². The first-order valence-electron chi connectivity index (χ1n) is 12.6. The van der Waals surface area contributed by atoms with Crippen molar-refractivity contribution in [1.82, 2.24) is 44.5 Å². The van der Waals surface area contributed by atoms with E-state index in [1.165, 1.54) is 17.0 Å². The van der Waals surface area contributed by atoms with Gasteiger partial charge in [0.2, 0.25) is 5.95 Å². The van der Waals surface area contributed by atoms with Gasteiger partial charge in [-0.2, -0.15) is 14.8 Å². The van der Waals surface area contributed by atoms with Crippen molar-refractivity contribution >= 4 is 66.1 Å². The van der Waals surface area contributed by atoms with Crippen molar-refractivity contribution in [3.63, 3.8) is 0 Å². The number of alkyl halides is 1. The predicted octanol–water partition coefficient (Wildman–Crippen LogP) is -1.62. The fourth-order valence-corrected chi connectivity index (χ4v) is 6.73. The first-order chi connectivity index (χ1) is 20.9. The standard InChI is InChI=1S/C19H24FN11O9P2S2/c20-11-10(3-36-41(34)43)39-18(31-15-12(28-29-31)17(33)27-19(22)26-15)13(11)40-42(35,44)37-4-9-7(32)1-8(38-9)6-2-23-16-14(21)24-5-25-30(6)16/h2,5,7-11,13,18,32,41H,1,3-4H2,(H,34,43)(H,35,44)(H2,21,24,25)(H3,22,26,27,33)/t7-,8+,9+,10+,11-,13+,18+,42?/m0/s1. The molecule has 4 aromatic heterocycles. The summed E-state index contributed by atoms with van der Waals surface area (Å²) in [4.78, 5) is 46.9. The Morgan fingerprint density at radius 1 is 1.25 bits per heavy atom. The number of fused-ring (bicyclic) bond motifs is 2. The molecule has 6 rings (SSSR count). The van der Waals surface area contributed by atoms with Crippen LogP contribution in [0.2, 0.25) is 0 Å². The molecule has 2 aliphatic rings. The molecule has 2 fully saturated rings. The number of ether oxygens (including phenoxy) is 2. The second-order valence-corrected chi connectivity index (χ2v) is 14.3. The summed E-state index contributed by atoms with van der Waals surface area (Å²) < 4.78 is 45.7. The molecule has 9 atom stereocenters. The molecule has 2 unspecified atom stereocenters. The van der Waals surface area contributed by atoms with Gasteiger partial charge in [0.15, 0.2) is 42.2 Å². The fourth-order valence-electron chi connectivity index (χ4n) is 4.81. The lowest BCUT2D eigenvalue weighted by molar-refractivity contribution is -0.0539. The van der Waals surface area contributed by atoms with E-state index < -0.39 is 75.6 Å². The van der Waals surface area contributed by atoms with Gasteiger partial charge in [0, 0.05) is 6.42 Å². The number of hydrogen-bond acceptors (Lipinski definition) is 17. The van der Waals surface area contributed by atoms with Crippen molar-refractivity contribution < 1.29 is 42.3 Å². The number of rotatable bonds is 10. The van der Waals surface area contributed by atoms with Gasteiger partial charge in [0.05, 0.1) is 31.2 Å². The van der Waals surface area contributed by atoms with E-state index in [4.69, 9.17) is 46.3 Å². The Hall–Kier alpha value is -2.66. The van der Waals surface area contributed by atoms with Crippen LogP contribution >= 0.6 is 13.9 Å². The number of halogens is 1. The smallest absolute Gasteiger partial charge is 0.325 e. The zero-order valence-corrected chi connectivity index (χ0v) is 25.5. The zero-order chi connectivity index (χ0) is 31.3. The molecular formula is C19H24FN11O9P2S2. The number of aromatic nitrogens is 9. The van der Waals surface area contributed by atoms with Crippen LogP contribution in [0.15, 0.2) is 17.3 Å².